The SMILES string of the molecule is CC1(C)c2ccccc2-c2cc3c4cc(-c5cc6c7ccccc7c(=O)n7c8ccccc8c(c5)c67)cc5c6c(c(=O)n(c3cc21)c54)C=CCC6. The van der Waals surface area contributed by atoms with E-state index in [2.05, 4.69) is 105 Å². The summed E-state index contributed by atoms with van der Waals surface area (Å²) in [7, 11) is 0. The van der Waals surface area contributed by atoms with Crippen LogP contribution in [-0.4, -0.2) is 8.80 Å². The first kappa shape index (κ1) is 27.5. The minimum absolute atomic E-state index is 0.0162. The number of fused-ring (bicyclic) bond motifs is 13. The largest absolute Gasteiger partial charge is 0.275 e. The van der Waals surface area contributed by atoms with Crippen molar-refractivity contribution in [2.75, 3.05) is 0 Å². The Morgan fingerprint density at radius 3 is 1.98 bits per heavy atom. The van der Waals surface area contributed by atoms with E-state index in [0.29, 0.717) is 0 Å². The Bertz CT molecular complexity index is 3380. The summed E-state index contributed by atoms with van der Waals surface area (Å²) in [4.78, 5) is 28.4. The number of para-hydroxylation sites is 1. The molecule has 4 nitrogen and oxygen atoms in total. The van der Waals surface area contributed by atoms with Crippen molar-refractivity contribution in [2.45, 2.75) is 32.1 Å². The fraction of sp³-hybridized carbons (Fsp3) is 0.106. The average molecular weight is 655 g/mol. The van der Waals surface area contributed by atoms with Gasteiger partial charge in [0.2, 0.25) is 0 Å². The Morgan fingerprint density at radius 1 is 0.529 bits per heavy atom. The fourth-order valence-electron chi connectivity index (χ4n) is 9.92. The van der Waals surface area contributed by atoms with Crippen molar-refractivity contribution in [3.8, 4) is 22.3 Å². The Labute approximate surface area is 291 Å². The third-order valence-corrected chi connectivity index (χ3v) is 12.2. The summed E-state index contributed by atoms with van der Waals surface area (Å²) < 4.78 is 3.91. The molecular formula is C47H30N2O2. The molecule has 0 saturated heterocycles. The normalized spacial score (nSPS) is 14.9. The molecule has 240 valence electrons. The molecule has 4 aromatic heterocycles. The molecule has 4 heterocycles. The molecule has 10 aromatic rings. The first-order chi connectivity index (χ1) is 24.9. The van der Waals surface area contributed by atoms with Crippen LogP contribution in [0.25, 0.3) is 93.5 Å². The molecule has 0 saturated carbocycles. The number of hydrogen-bond donors (Lipinski definition) is 0. The van der Waals surface area contributed by atoms with Crippen LogP contribution in [0.1, 0.15) is 42.5 Å². The highest BCUT2D eigenvalue weighted by Crippen LogP contribution is 2.51. The highest BCUT2D eigenvalue weighted by Gasteiger charge is 2.36. The number of aromatic nitrogens is 2. The number of aryl methyl sites for hydroxylation is 1. The second kappa shape index (κ2) is 9.09. The molecule has 6 aromatic carbocycles. The van der Waals surface area contributed by atoms with Crippen molar-refractivity contribution >= 4 is 71.2 Å². The Hall–Kier alpha value is -6.26. The van der Waals surface area contributed by atoms with Gasteiger partial charge >= 0.3 is 0 Å². The summed E-state index contributed by atoms with van der Waals surface area (Å²) in [5.74, 6) is 0. The highest BCUT2D eigenvalue weighted by molar-refractivity contribution is 6.23. The number of benzene rings is 6. The maximum Gasteiger partial charge on any atom is 0.263 e. The first-order valence-electron chi connectivity index (χ1n) is 17.8. The number of allylic oxidation sites excluding steroid dienone is 1. The summed E-state index contributed by atoms with van der Waals surface area (Å²) >= 11 is 0. The van der Waals surface area contributed by atoms with Crippen molar-refractivity contribution in [1.82, 2.24) is 8.80 Å². The van der Waals surface area contributed by atoms with E-state index >= 15 is 0 Å². The molecule has 0 radical (unpaired) electrons. The second-order valence-corrected chi connectivity index (χ2v) is 15.1. The zero-order valence-corrected chi connectivity index (χ0v) is 28.2. The van der Waals surface area contributed by atoms with Crippen molar-refractivity contribution in [3.63, 3.8) is 0 Å². The average Bonchev–Trinajstić information content (AvgIpc) is 3.76. The van der Waals surface area contributed by atoms with Crippen LogP contribution in [0.4, 0.5) is 0 Å². The van der Waals surface area contributed by atoms with Crippen molar-refractivity contribution in [3.05, 3.63) is 158 Å². The van der Waals surface area contributed by atoms with Crippen LogP contribution in [0, 0.1) is 0 Å². The van der Waals surface area contributed by atoms with Gasteiger partial charge < -0.3 is 0 Å². The van der Waals surface area contributed by atoms with Gasteiger partial charge in [-0.3, -0.25) is 18.4 Å². The van der Waals surface area contributed by atoms with Crippen LogP contribution >= 0.6 is 0 Å². The molecule has 12 rings (SSSR count). The Kier molecular flexibility index (Phi) is 4.91. The summed E-state index contributed by atoms with van der Waals surface area (Å²) in [6.45, 7) is 4.59. The molecular weight excluding hydrogens is 625 g/mol. The molecule has 0 spiro atoms. The summed E-state index contributed by atoms with van der Waals surface area (Å²) in [5, 5.41) is 8.24. The molecule has 0 fully saturated rings. The van der Waals surface area contributed by atoms with Crippen molar-refractivity contribution in [2.24, 2.45) is 0 Å². The lowest BCUT2D eigenvalue weighted by molar-refractivity contribution is 0.661. The van der Waals surface area contributed by atoms with Crippen molar-refractivity contribution in [1.29, 1.82) is 0 Å². The maximum absolute atomic E-state index is 14.5. The zero-order chi connectivity index (χ0) is 33.9. The topological polar surface area (TPSA) is 43.0 Å². The van der Waals surface area contributed by atoms with E-state index < -0.39 is 0 Å². The highest BCUT2D eigenvalue weighted by atomic mass is 16.1. The van der Waals surface area contributed by atoms with Gasteiger partial charge in [-0.2, -0.15) is 0 Å². The van der Waals surface area contributed by atoms with Gasteiger partial charge in [0, 0.05) is 48.7 Å². The van der Waals surface area contributed by atoms with E-state index in [1.165, 1.54) is 22.3 Å². The minimum Gasteiger partial charge on any atom is -0.275 e. The van der Waals surface area contributed by atoms with E-state index in [0.717, 1.165) is 100 Å². The molecule has 0 bridgehead atoms. The number of pyridine rings is 2. The van der Waals surface area contributed by atoms with Gasteiger partial charge in [-0.05, 0) is 106 Å². The fourth-order valence-corrected chi connectivity index (χ4v) is 9.92. The van der Waals surface area contributed by atoms with E-state index in [1.807, 2.05) is 39.1 Å². The van der Waals surface area contributed by atoms with Crippen LogP contribution < -0.4 is 11.1 Å². The van der Waals surface area contributed by atoms with E-state index in [-0.39, 0.29) is 16.5 Å². The lowest BCUT2D eigenvalue weighted by Crippen LogP contribution is -2.20. The minimum atomic E-state index is -0.175. The molecule has 51 heavy (non-hydrogen) atoms. The van der Waals surface area contributed by atoms with Gasteiger partial charge in [0.05, 0.1) is 22.1 Å². The smallest absolute Gasteiger partial charge is 0.263 e. The van der Waals surface area contributed by atoms with Gasteiger partial charge in [-0.25, -0.2) is 0 Å². The van der Waals surface area contributed by atoms with Gasteiger partial charge in [0.25, 0.3) is 11.1 Å². The molecule has 0 N–H and O–H groups in total. The van der Waals surface area contributed by atoms with Crippen LogP contribution in [0.3, 0.4) is 0 Å². The standard InChI is InChI=1S/C47H30N2O2/c1-47(2)39-17-9-7-13-29(39)33-23-34-38-22-26(20-36-28-12-4-6-16-32(28)46(51)49(44(36)38)42(34)24-40(33)47)25-19-35-27-11-3-5-15-31(27)45(50)48-41-18-10-8-14-30(41)37(21-25)43(35)48/h3,5-11,13-24H,4,12H2,1-2H3. The molecule has 0 aliphatic heterocycles. The first-order valence-corrected chi connectivity index (χ1v) is 17.8. The third-order valence-electron chi connectivity index (χ3n) is 12.2. The van der Waals surface area contributed by atoms with Crippen LogP contribution in [0.2, 0.25) is 0 Å². The Morgan fingerprint density at radius 2 is 1.16 bits per heavy atom. The quantitative estimate of drug-likeness (QED) is 0.165. The van der Waals surface area contributed by atoms with E-state index in [1.54, 1.807) is 0 Å². The maximum atomic E-state index is 14.5. The molecule has 2 aliphatic rings. The summed E-state index contributed by atoms with van der Waals surface area (Å²) in [5.41, 5.74) is 13.0. The number of rotatable bonds is 1. The van der Waals surface area contributed by atoms with Gasteiger partial charge in [-0.15, -0.1) is 0 Å². The Balaban J connectivity index is 1.26. The molecule has 2 aliphatic carbocycles. The lowest BCUT2D eigenvalue weighted by Gasteiger charge is -2.21. The van der Waals surface area contributed by atoms with E-state index in [4.69, 9.17) is 0 Å². The molecule has 4 heteroatoms. The van der Waals surface area contributed by atoms with Crippen molar-refractivity contribution < 1.29 is 0 Å². The molecule has 0 atom stereocenters. The zero-order valence-electron chi connectivity index (χ0n) is 28.2. The molecule has 0 amide bonds. The van der Waals surface area contributed by atoms with Crippen LogP contribution in [-0.2, 0) is 11.8 Å². The summed E-state index contributed by atoms with van der Waals surface area (Å²) in [6, 6.07) is 38.8. The van der Waals surface area contributed by atoms with Gasteiger partial charge in [-0.1, -0.05) is 86.7 Å². The van der Waals surface area contributed by atoms with Crippen LogP contribution in [0.5, 0.6) is 0 Å². The second-order valence-electron chi connectivity index (χ2n) is 15.1. The molecule has 0 unspecified atom stereocenters. The van der Waals surface area contributed by atoms with Gasteiger partial charge in [0.15, 0.2) is 0 Å². The summed E-state index contributed by atoms with van der Waals surface area (Å²) in [6.07, 6.45) is 5.93. The lowest BCUT2D eigenvalue weighted by atomic mass is 9.82. The van der Waals surface area contributed by atoms with Gasteiger partial charge in [0.1, 0.15) is 0 Å². The predicted octanol–water partition coefficient (Wildman–Crippen LogP) is 10.5. The number of nitrogens with zero attached hydrogens (tertiary/aromatic N) is 2. The predicted molar refractivity (Wildman–Crippen MR) is 211 cm³/mol. The van der Waals surface area contributed by atoms with E-state index in [9.17, 15) is 9.59 Å². The monoisotopic (exact) mass is 654 g/mol. The number of hydrogen-bond acceptors (Lipinski definition) is 2. The van der Waals surface area contributed by atoms with Crippen LogP contribution in [0.15, 0.2) is 125 Å². The third kappa shape index (κ3) is 3.22.